The summed E-state index contributed by atoms with van der Waals surface area (Å²) in [5.74, 6) is -2.11. The summed E-state index contributed by atoms with van der Waals surface area (Å²) < 4.78 is 11.8. The van der Waals surface area contributed by atoms with Crippen LogP contribution in [0.1, 0.15) is 48.3 Å². The van der Waals surface area contributed by atoms with E-state index in [2.05, 4.69) is 15.6 Å². The first kappa shape index (κ1) is 23.9. The van der Waals surface area contributed by atoms with Gasteiger partial charge in [-0.2, -0.15) is 0 Å². The number of aliphatic carboxylic acids is 1. The zero-order valence-electron chi connectivity index (χ0n) is 19.6. The molecule has 1 aliphatic rings. The van der Waals surface area contributed by atoms with Crippen molar-refractivity contribution in [1.29, 1.82) is 0 Å². The maximum atomic E-state index is 12.5. The van der Waals surface area contributed by atoms with Crippen LogP contribution in [0.15, 0.2) is 54.7 Å². The Bertz CT molecular complexity index is 1220. The number of rotatable bonds is 7. The zero-order chi connectivity index (χ0) is 25.2. The fourth-order valence-corrected chi connectivity index (χ4v) is 3.97. The van der Waals surface area contributed by atoms with Crippen molar-refractivity contribution in [3.05, 3.63) is 71.5 Å². The van der Waals surface area contributed by atoms with Crippen molar-refractivity contribution in [3.8, 4) is 11.1 Å². The number of nitrogens with zero attached hydrogens (tertiary/aromatic N) is 3. The Morgan fingerprint density at radius 2 is 1.66 bits per heavy atom. The van der Waals surface area contributed by atoms with Crippen molar-refractivity contribution >= 4 is 18.0 Å². The number of esters is 1. The first-order valence-corrected chi connectivity index (χ1v) is 11.1. The molecule has 0 saturated heterocycles. The van der Waals surface area contributed by atoms with Crippen LogP contribution in [-0.4, -0.2) is 56.4 Å². The molecule has 0 aliphatic heterocycles. The highest BCUT2D eigenvalue weighted by atomic mass is 16.6. The molecule has 1 amide bonds. The Balaban J connectivity index is 1.38. The van der Waals surface area contributed by atoms with Crippen LogP contribution in [-0.2, 0) is 20.8 Å². The van der Waals surface area contributed by atoms with Crippen LogP contribution in [0.25, 0.3) is 11.1 Å². The summed E-state index contributed by atoms with van der Waals surface area (Å²) in [6.07, 6.45) is 0.399. The number of ether oxygens (including phenoxy) is 2. The largest absolute Gasteiger partial charge is 0.480 e. The summed E-state index contributed by atoms with van der Waals surface area (Å²) in [7, 11) is 0. The molecule has 1 heterocycles. The van der Waals surface area contributed by atoms with E-state index in [4.69, 9.17) is 9.47 Å². The molecule has 0 bridgehead atoms. The molecule has 10 nitrogen and oxygen atoms in total. The summed E-state index contributed by atoms with van der Waals surface area (Å²) in [6, 6.07) is 14.5. The van der Waals surface area contributed by atoms with E-state index in [9.17, 15) is 19.5 Å². The van der Waals surface area contributed by atoms with Gasteiger partial charge in [-0.05, 0) is 43.0 Å². The lowest BCUT2D eigenvalue weighted by molar-refractivity contribution is -0.139. The van der Waals surface area contributed by atoms with E-state index in [1.54, 1.807) is 20.8 Å². The van der Waals surface area contributed by atoms with E-state index >= 15 is 0 Å². The van der Waals surface area contributed by atoms with Gasteiger partial charge < -0.3 is 19.9 Å². The van der Waals surface area contributed by atoms with E-state index in [-0.39, 0.29) is 24.8 Å². The van der Waals surface area contributed by atoms with Crippen molar-refractivity contribution < 1.29 is 29.0 Å². The fourth-order valence-electron chi connectivity index (χ4n) is 3.97. The third-order valence-corrected chi connectivity index (χ3v) is 5.45. The number of benzene rings is 2. The maximum absolute atomic E-state index is 12.5. The van der Waals surface area contributed by atoms with E-state index < -0.39 is 29.7 Å². The van der Waals surface area contributed by atoms with E-state index in [1.165, 1.54) is 6.20 Å². The standard InChI is InChI=1S/C25H26N4O6/c1-25(2,3)35-23(32)21-13-29(28-27-21)12-20(22(30)31)26-24(33)34-14-19-17-10-6-4-8-15(17)16-9-5-7-11-18(16)19/h4-11,13,19-20H,12,14H2,1-3H3,(H,26,33)(H,30,31). The van der Waals surface area contributed by atoms with Crippen molar-refractivity contribution in [1.82, 2.24) is 20.3 Å². The van der Waals surface area contributed by atoms with Crippen LogP contribution in [0.3, 0.4) is 0 Å². The van der Waals surface area contributed by atoms with Gasteiger partial charge in [0.2, 0.25) is 0 Å². The molecule has 10 heteroatoms. The smallest absolute Gasteiger partial charge is 0.407 e. The summed E-state index contributed by atoms with van der Waals surface area (Å²) in [6.45, 7) is 4.95. The number of amides is 1. The predicted molar refractivity (Wildman–Crippen MR) is 125 cm³/mol. The van der Waals surface area contributed by atoms with Crippen LogP contribution in [0, 0.1) is 0 Å². The number of fused-ring (bicyclic) bond motifs is 3. The van der Waals surface area contributed by atoms with Crippen molar-refractivity contribution in [2.24, 2.45) is 0 Å². The minimum atomic E-state index is -1.35. The molecule has 2 N–H and O–H groups in total. The molecule has 1 unspecified atom stereocenters. The lowest BCUT2D eigenvalue weighted by Gasteiger charge is -2.18. The maximum Gasteiger partial charge on any atom is 0.407 e. The third-order valence-electron chi connectivity index (χ3n) is 5.45. The van der Waals surface area contributed by atoms with Crippen molar-refractivity contribution in [2.45, 2.75) is 44.9 Å². The molecule has 0 spiro atoms. The fraction of sp³-hybridized carbons (Fsp3) is 0.320. The highest BCUT2D eigenvalue weighted by Crippen LogP contribution is 2.44. The predicted octanol–water partition coefficient (Wildman–Crippen LogP) is 3.23. The molecule has 0 fully saturated rings. The van der Waals surface area contributed by atoms with Gasteiger partial charge in [-0.25, -0.2) is 19.1 Å². The number of carboxylic acids is 1. The molecule has 4 rings (SSSR count). The number of nitrogens with one attached hydrogen (secondary N) is 1. The second-order valence-electron chi connectivity index (χ2n) is 9.19. The quantitative estimate of drug-likeness (QED) is 0.495. The molecule has 3 aromatic rings. The average molecular weight is 479 g/mol. The Morgan fingerprint density at radius 3 is 2.23 bits per heavy atom. The number of carbonyl (C=O) groups excluding carboxylic acids is 2. The summed E-state index contributed by atoms with van der Waals surface area (Å²) in [5, 5.41) is 19.4. The second-order valence-corrected chi connectivity index (χ2v) is 9.19. The highest BCUT2D eigenvalue weighted by molar-refractivity contribution is 5.87. The Kier molecular flexibility index (Phi) is 6.54. The zero-order valence-corrected chi connectivity index (χ0v) is 19.6. The van der Waals surface area contributed by atoms with Gasteiger partial charge >= 0.3 is 18.0 Å². The Hall–Kier alpha value is -4.21. The van der Waals surface area contributed by atoms with E-state index in [0.29, 0.717) is 0 Å². The van der Waals surface area contributed by atoms with Crippen LogP contribution in [0.5, 0.6) is 0 Å². The van der Waals surface area contributed by atoms with Gasteiger partial charge in [0.25, 0.3) is 0 Å². The number of carbonyl (C=O) groups is 3. The van der Waals surface area contributed by atoms with Gasteiger partial charge in [0.05, 0.1) is 12.7 Å². The minimum Gasteiger partial charge on any atom is -0.480 e. The number of hydrogen-bond acceptors (Lipinski definition) is 7. The Morgan fingerprint density at radius 1 is 1.06 bits per heavy atom. The number of carboxylic acid groups (broad SMARTS) is 1. The second kappa shape index (κ2) is 9.57. The monoisotopic (exact) mass is 478 g/mol. The molecule has 1 aliphatic carbocycles. The molecular formula is C25H26N4O6. The number of aromatic nitrogens is 3. The summed E-state index contributed by atoms with van der Waals surface area (Å²) in [4.78, 5) is 36.3. The van der Waals surface area contributed by atoms with Crippen molar-refractivity contribution in [3.63, 3.8) is 0 Å². The first-order chi connectivity index (χ1) is 16.6. The van der Waals surface area contributed by atoms with Crippen LogP contribution in [0.2, 0.25) is 0 Å². The molecule has 1 atom stereocenters. The van der Waals surface area contributed by atoms with Crippen LogP contribution < -0.4 is 5.32 Å². The van der Waals surface area contributed by atoms with Crippen LogP contribution in [0.4, 0.5) is 4.79 Å². The Labute approximate surface area is 201 Å². The van der Waals surface area contributed by atoms with Gasteiger partial charge in [0.15, 0.2) is 5.69 Å². The average Bonchev–Trinajstić information content (AvgIpc) is 3.39. The minimum absolute atomic E-state index is 0.0539. The normalized spacial score (nSPS) is 13.5. The molecule has 35 heavy (non-hydrogen) atoms. The first-order valence-electron chi connectivity index (χ1n) is 11.1. The van der Waals surface area contributed by atoms with E-state index in [1.807, 2.05) is 48.5 Å². The van der Waals surface area contributed by atoms with Gasteiger partial charge in [-0.1, -0.05) is 53.7 Å². The van der Waals surface area contributed by atoms with Gasteiger partial charge in [-0.3, -0.25) is 0 Å². The highest BCUT2D eigenvalue weighted by Gasteiger charge is 2.30. The topological polar surface area (TPSA) is 133 Å². The molecule has 2 aromatic carbocycles. The molecular weight excluding hydrogens is 452 g/mol. The van der Waals surface area contributed by atoms with Crippen LogP contribution >= 0.6 is 0 Å². The lowest BCUT2D eigenvalue weighted by Crippen LogP contribution is -2.44. The lowest BCUT2D eigenvalue weighted by atomic mass is 9.98. The van der Waals surface area contributed by atoms with Gasteiger partial charge in [0.1, 0.15) is 18.2 Å². The molecule has 1 aromatic heterocycles. The molecule has 0 radical (unpaired) electrons. The summed E-state index contributed by atoms with van der Waals surface area (Å²) in [5.41, 5.74) is 3.50. The molecule has 0 saturated carbocycles. The third kappa shape index (κ3) is 5.48. The van der Waals surface area contributed by atoms with E-state index in [0.717, 1.165) is 26.9 Å². The molecule has 182 valence electrons. The number of alkyl carbamates (subject to hydrolysis) is 1. The van der Waals surface area contributed by atoms with Crippen molar-refractivity contribution in [2.75, 3.05) is 6.61 Å². The summed E-state index contributed by atoms with van der Waals surface area (Å²) >= 11 is 0. The number of hydrogen-bond donors (Lipinski definition) is 2. The SMILES string of the molecule is CC(C)(C)OC(=O)c1cn(CC(NC(=O)OCC2c3ccccc3-c3ccccc32)C(=O)O)nn1. The van der Waals surface area contributed by atoms with Gasteiger partial charge in [0, 0.05) is 5.92 Å². The van der Waals surface area contributed by atoms with Gasteiger partial charge in [-0.15, -0.1) is 5.10 Å².